The first kappa shape index (κ1) is 19.9. The first-order valence-corrected chi connectivity index (χ1v) is 9.65. The molecule has 148 valence electrons. The molecule has 2 aromatic heterocycles. The third kappa shape index (κ3) is 4.51. The Kier molecular flexibility index (Phi) is 6.31. The van der Waals surface area contributed by atoms with Crippen molar-refractivity contribution in [1.29, 1.82) is 0 Å². The van der Waals surface area contributed by atoms with E-state index in [0.29, 0.717) is 24.4 Å². The number of carbonyl (C=O) groups is 1. The molecule has 0 saturated heterocycles. The standard InChI is InChI=1S/C22H28N4O2/c1-5-26(6-2)16-19-12-20(21(28-19)18-10-8-7-9-11-18)22(27)24(3)14-17-13-23-25(4)15-17/h7-13,15H,5-6,14,16H2,1-4H3. The van der Waals surface area contributed by atoms with Crippen LogP contribution >= 0.6 is 0 Å². The number of amides is 1. The highest BCUT2D eigenvalue weighted by molar-refractivity contribution is 5.99. The van der Waals surface area contributed by atoms with Crippen molar-refractivity contribution in [3.05, 3.63) is 65.7 Å². The molecule has 0 aliphatic heterocycles. The van der Waals surface area contributed by atoms with Crippen LogP contribution in [0.15, 0.2) is 53.2 Å². The maximum Gasteiger partial charge on any atom is 0.257 e. The zero-order valence-electron chi connectivity index (χ0n) is 17.1. The van der Waals surface area contributed by atoms with Crippen LogP contribution in [0.25, 0.3) is 11.3 Å². The van der Waals surface area contributed by atoms with E-state index in [9.17, 15) is 4.79 Å². The van der Waals surface area contributed by atoms with Crippen LogP contribution in [0, 0.1) is 0 Å². The van der Waals surface area contributed by atoms with E-state index >= 15 is 0 Å². The van der Waals surface area contributed by atoms with E-state index < -0.39 is 0 Å². The molecule has 3 rings (SSSR count). The first-order valence-electron chi connectivity index (χ1n) is 9.65. The topological polar surface area (TPSA) is 54.5 Å². The molecule has 0 aliphatic rings. The molecule has 1 amide bonds. The summed E-state index contributed by atoms with van der Waals surface area (Å²) in [5.41, 5.74) is 2.50. The fourth-order valence-corrected chi connectivity index (χ4v) is 3.26. The van der Waals surface area contributed by atoms with Crippen molar-refractivity contribution in [2.45, 2.75) is 26.9 Å². The SMILES string of the molecule is CCN(CC)Cc1cc(C(=O)N(C)Cc2cnn(C)c2)c(-c2ccccc2)o1. The molecule has 28 heavy (non-hydrogen) atoms. The van der Waals surface area contributed by atoms with Crippen LogP contribution in [0.5, 0.6) is 0 Å². The molecule has 1 aromatic carbocycles. The lowest BCUT2D eigenvalue weighted by Gasteiger charge is -2.16. The van der Waals surface area contributed by atoms with Gasteiger partial charge in [0.25, 0.3) is 5.91 Å². The molecule has 0 atom stereocenters. The highest BCUT2D eigenvalue weighted by Gasteiger charge is 2.23. The van der Waals surface area contributed by atoms with Crippen LogP contribution < -0.4 is 0 Å². The van der Waals surface area contributed by atoms with Crippen LogP contribution in [0.1, 0.15) is 35.5 Å². The summed E-state index contributed by atoms with van der Waals surface area (Å²) in [5.74, 6) is 1.38. The molecule has 6 heteroatoms. The fourth-order valence-electron chi connectivity index (χ4n) is 3.26. The average Bonchev–Trinajstić information content (AvgIpc) is 3.32. The van der Waals surface area contributed by atoms with E-state index in [-0.39, 0.29) is 5.91 Å². The van der Waals surface area contributed by atoms with E-state index in [2.05, 4.69) is 23.8 Å². The van der Waals surface area contributed by atoms with Gasteiger partial charge in [0.15, 0.2) is 0 Å². The van der Waals surface area contributed by atoms with Crippen LogP contribution in [0.4, 0.5) is 0 Å². The molecule has 3 aromatic rings. The summed E-state index contributed by atoms with van der Waals surface area (Å²) in [5, 5.41) is 4.18. The Hall–Kier alpha value is -2.86. The molecular formula is C22H28N4O2. The summed E-state index contributed by atoms with van der Waals surface area (Å²) in [6.07, 6.45) is 3.70. The number of furan rings is 1. The zero-order chi connectivity index (χ0) is 20.1. The predicted molar refractivity (Wildman–Crippen MR) is 110 cm³/mol. The normalized spacial score (nSPS) is 11.2. The van der Waals surface area contributed by atoms with Crippen molar-refractivity contribution >= 4 is 5.91 Å². The lowest BCUT2D eigenvalue weighted by atomic mass is 10.1. The smallest absolute Gasteiger partial charge is 0.257 e. The summed E-state index contributed by atoms with van der Waals surface area (Å²) >= 11 is 0. The maximum absolute atomic E-state index is 13.2. The van der Waals surface area contributed by atoms with Crippen LogP contribution in [0.2, 0.25) is 0 Å². The summed E-state index contributed by atoms with van der Waals surface area (Å²) in [6, 6.07) is 11.7. The fraction of sp³-hybridized carbons (Fsp3) is 0.364. The number of aryl methyl sites for hydroxylation is 1. The van der Waals surface area contributed by atoms with Crippen molar-refractivity contribution in [2.24, 2.45) is 7.05 Å². The summed E-state index contributed by atoms with van der Waals surface area (Å²) in [7, 11) is 3.68. The number of rotatable bonds is 8. The second-order valence-corrected chi connectivity index (χ2v) is 6.97. The van der Waals surface area contributed by atoms with Gasteiger partial charge in [-0.25, -0.2) is 0 Å². The molecule has 0 fully saturated rings. The van der Waals surface area contributed by atoms with Gasteiger partial charge < -0.3 is 9.32 Å². The molecular weight excluding hydrogens is 352 g/mol. The molecule has 0 unspecified atom stereocenters. The molecule has 2 heterocycles. The third-order valence-electron chi connectivity index (χ3n) is 4.85. The second kappa shape index (κ2) is 8.89. The van der Waals surface area contributed by atoms with E-state index in [1.54, 1.807) is 22.8 Å². The Morgan fingerprint density at radius 2 is 1.86 bits per heavy atom. The molecule has 0 bridgehead atoms. The Morgan fingerprint density at radius 1 is 1.14 bits per heavy atom. The van der Waals surface area contributed by atoms with Gasteiger partial charge in [0, 0.05) is 38.0 Å². The summed E-state index contributed by atoms with van der Waals surface area (Å²) in [4.78, 5) is 17.2. The number of hydrogen-bond donors (Lipinski definition) is 0. The minimum absolute atomic E-state index is 0.0581. The highest BCUT2D eigenvalue weighted by Crippen LogP contribution is 2.29. The quantitative estimate of drug-likeness (QED) is 0.597. The van der Waals surface area contributed by atoms with E-state index in [1.807, 2.05) is 49.6 Å². The van der Waals surface area contributed by atoms with Gasteiger partial charge in [-0.1, -0.05) is 44.2 Å². The lowest BCUT2D eigenvalue weighted by Crippen LogP contribution is -2.26. The van der Waals surface area contributed by atoms with Crippen molar-refractivity contribution in [2.75, 3.05) is 20.1 Å². The van der Waals surface area contributed by atoms with Gasteiger partial charge >= 0.3 is 0 Å². The third-order valence-corrected chi connectivity index (χ3v) is 4.85. The average molecular weight is 380 g/mol. The van der Waals surface area contributed by atoms with Crippen LogP contribution in [-0.4, -0.2) is 45.6 Å². The van der Waals surface area contributed by atoms with E-state index in [0.717, 1.165) is 30.0 Å². The summed E-state index contributed by atoms with van der Waals surface area (Å²) < 4.78 is 7.89. The van der Waals surface area contributed by atoms with E-state index in [1.165, 1.54) is 0 Å². The number of nitrogens with zero attached hydrogens (tertiary/aromatic N) is 4. The minimum atomic E-state index is -0.0581. The Balaban J connectivity index is 1.90. The van der Waals surface area contributed by atoms with Crippen molar-refractivity contribution in [1.82, 2.24) is 19.6 Å². The van der Waals surface area contributed by atoms with Gasteiger partial charge in [-0.2, -0.15) is 5.10 Å². The molecule has 0 radical (unpaired) electrons. The highest BCUT2D eigenvalue weighted by atomic mass is 16.3. The van der Waals surface area contributed by atoms with Gasteiger partial charge in [0.1, 0.15) is 11.5 Å². The van der Waals surface area contributed by atoms with Crippen molar-refractivity contribution in [3.63, 3.8) is 0 Å². The minimum Gasteiger partial charge on any atom is -0.459 e. The van der Waals surface area contributed by atoms with Crippen LogP contribution in [-0.2, 0) is 20.1 Å². The largest absolute Gasteiger partial charge is 0.459 e. The zero-order valence-corrected chi connectivity index (χ0v) is 17.1. The van der Waals surface area contributed by atoms with Gasteiger partial charge in [0.2, 0.25) is 0 Å². The van der Waals surface area contributed by atoms with Crippen molar-refractivity contribution < 1.29 is 9.21 Å². The molecule has 0 spiro atoms. The Morgan fingerprint density at radius 3 is 2.46 bits per heavy atom. The number of benzene rings is 1. The van der Waals surface area contributed by atoms with Gasteiger partial charge in [-0.15, -0.1) is 0 Å². The summed E-state index contributed by atoms with van der Waals surface area (Å²) in [6.45, 7) is 7.30. The lowest BCUT2D eigenvalue weighted by molar-refractivity contribution is 0.0785. The van der Waals surface area contributed by atoms with Gasteiger partial charge in [-0.05, 0) is 19.2 Å². The molecule has 0 aliphatic carbocycles. The van der Waals surface area contributed by atoms with Gasteiger partial charge in [0.05, 0.1) is 18.3 Å². The van der Waals surface area contributed by atoms with Crippen molar-refractivity contribution in [3.8, 4) is 11.3 Å². The number of carbonyl (C=O) groups excluding carboxylic acids is 1. The Bertz CT molecular complexity index is 910. The molecule has 0 N–H and O–H groups in total. The van der Waals surface area contributed by atoms with Gasteiger partial charge in [-0.3, -0.25) is 14.4 Å². The number of aromatic nitrogens is 2. The monoisotopic (exact) mass is 380 g/mol. The number of hydrogen-bond acceptors (Lipinski definition) is 4. The van der Waals surface area contributed by atoms with E-state index in [4.69, 9.17) is 4.42 Å². The molecule has 6 nitrogen and oxygen atoms in total. The first-order chi connectivity index (χ1) is 13.5. The maximum atomic E-state index is 13.2. The second-order valence-electron chi connectivity index (χ2n) is 6.97. The Labute approximate surface area is 166 Å². The predicted octanol–water partition coefficient (Wildman–Crippen LogP) is 3.79. The molecule has 0 saturated carbocycles. The van der Waals surface area contributed by atoms with Crippen LogP contribution in [0.3, 0.4) is 0 Å².